The Balaban J connectivity index is 1.81. The molecule has 2 aromatic rings. The number of rotatable bonds is 6. The number of amides is 2. The van der Waals surface area contributed by atoms with Gasteiger partial charge in [-0.3, -0.25) is 14.4 Å². The second-order valence-electron chi connectivity index (χ2n) is 7.21. The highest BCUT2D eigenvalue weighted by Gasteiger charge is 2.23. The highest BCUT2D eigenvalue weighted by molar-refractivity contribution is 6.31. The fourth-order valence-corrected chi connectivity index (χ4v) is 3.51. The summed E-state index contributed by atoms with van der Waals surface area (Å²) in [7, 11) is 0. The van der Waals surface area contributed by atoms with E-state index >= 15 is 0 Å². The Labute approximate surface area is 174 Å². The third-order valence-corrected chi connectivity index (χ3v) is 4.93. The molecule has 0 radical (unpaired) electrons. The molecule has 29 heavy (non-hydrogen) atoms. The summed E-state index contributed by atoms with van der Waals surface area (Å²) in [6, 6.07) is 11.6. The lowest BCUT2D eigenvalue weighted by Crippen LogP contribution is -2.31. The van der Waals surface area contributed by atoms with Gasteiger partial charge in [0.1, 0.15) is 0 Å². The summed E-state index contributed by atoms with van der Waals surface area (Å²) in [4.78, 5) is 36.6. The SMILES string of the molecule is CC(C)OC(=O)CC(NC(=O)c1ccc2c(c1)CCC(=O)N2)c1ccccc1Cl. The van der Waals surface area contributed by atoms with E-state index in [-0.39, 0.29) is 24.3 Å². The monoisotopic (exact) mass is 414 g/mol. The first-order chi connectivity index (χ1) is 13.8. The van der Waals surface area contributed by atoms with Gasteiger partial charge in [-0.1, -0.05) is 29.8 Å². The van der Waals surface area contributed by atoms with Gasteiger partial charge in [0.2, 0.25) is 5.91 Å². The van der Waals surface area contributed by atoms with Gasteiger partial charge in [-0.25, -0.2) is 0 Å². The largest absolute Gasteiger partial charge is 0.463 e. The predicted octanol–water partition coefficient (Wildman–Crippen LogP) is 4.04. The molecule has 7 heteroatoms. The molecule has 6 nitrogen and oxygen atoms in total. The van der Waals surface area contributed by atoms with E-state index in [1.807, 2.05) is 0 Å². The molecule has 0 aromatic heterocycles. The van der Waals surface area contributed by atoms with Crippen molar-refractivity contribution in [2.24, 2.45) is 0 Å². The zero-order chi connectivity index (χ0) is 21.0. The van der Waals surface area contributed by atoms with Gasteiger partial charge in [0, 0.05) is 22.7 Å². The Morgan fingerprint density at radius 3 is 2.66 bits per heavy atom. The van der Waals surface area contributed by atoms with Crippen molar-refractivity contribution < 1.29 is 19.1 Å². The van der Waals surface area contributed by atoms with Gasteiger partial charge in [0.25, 0.3) is 5.91 Å². The number of halogens is 1. The number of hydrogen-bond acceptors (Lipinski definition) is 4. The van der Waals surface area contributed by atoms with Gasteiger partial charge < -0.3 is 15.4 Å². The molecule has 2 amide bonds. The minimum atomic E-state index is -0.627. The number of benzene rings is 2. The smallest absolute Gasteiger partial charge is 0.308 e. The van der Waals surface area contributed by atoms with Crippen molar-refractivity contribution >= 4 is 35.1 Å². The summed E-state index contributed by atoms with van der Waals surface area (Å²) in [5.41, 5.74) is 2.73. The first-order valence-electron chi connectivity index (χ1n) is 9.51. The Bertz CT molecular complexity index is 942. The molecule has 1 heterocycles. The maximum atomic E-state index is 12.9. The quantitative estimate of drug-likeness (QED) is 0.698. The third-order valence-electron chi connectivity index (χ3n) is 4.59. The molecular formula is C22H23ClN2O4. The average molecular weight is 415 g/mol. The summed E-state index contributed by atoms with van der Waals surface area (Å²) >= 11 is 6.30. The van der Waals surface area contributed by atoms with Gasteiger partial charge in [-0.2, -0.15) is 0 Å². The summed E-state index contributed by atoms with van der Waals surface area (Å²) in [5, 5.41) is 6.16. The van der Waals surface area contributed by atoms with Crippen LogP contribution in [0.25, 0.3) is 0 Å². The fraction of sp³-hybridized carbons (Fsp3) is 0.318. The van der Waals surface area contributed by atoms with Crippen LogP contribution < -0.4 is 10.6 Å². The van der Waals surface area contributed by atoms with E-state index in [4.69, 9.17) is 16.3 Å². The van der Waals surface area contributed by atoms with Crippen molar-refractivity contribution in [3.63, 3.8) is 0 Å². The number of carbonyl (C=O) groups excluding carboxylic acids is 3. The normalized spacial score (nSPS) is 14.0. The van der Waals surface area contributed by atoms with E-state index in [2.05, 4.69) is 10.6 Å². The molecule has 2 N–H and O–H groups in total. The molecule has 0 spiro atoms. The summed E-state index contributed by atoms with van der Waals surface area (Å²) in [6.45, 7) is 3.54. The van der Waals surface area contributed by atoms with Crippen molar-refractivity contribution in [2.75, 3.05) is 5.32 Å². The van der Waals surface area contributed by atoms with E-state index in [1.54, 1.807) is 56.3 Å². The molecule has 1 unspecified atom stereocenters. The van der Waals surface area contributed by atoms with E-state index < -0.39 is 12.0 Å². The highest BCUT2D eigenvalue weighted by Crippen LogP contribution is 2.27. The lowest BCUT2D eigenvalue weighted by atomic mass is 9.99. The minimum Gasteiger partial charge on any atom is -0.463 e. The first-order valence-corrected chi connectivity index (χ1v) is 9.89. The van der Waals surface area contributed by atoms with Crippen molar-refractivity contribution in [3.05, 3.63) is 64.2 Å². The Morgan fingerprint density at radius 2 is 1.93 bits per heavy atom. The molecule has 1 aliphatic rings. The Hall–Kier alpha value is -2.86. The molecule has 1 aliphatic heterocycles. The number of anilines is 1. The molecular weight excluding hydrogens is 392 g/mol. The van der Waals surface area contributed by atoms with E-state index in [9.17, 15) is 14.4 Å². The van der Waals surface area contributed by atoms with Crippen LogP contribution in [0.2, 0.25) is 5.02 Å². The maximum Gasteiger partial charge on any atom is 0.308 e. The van der Waals surface area contributed by atoms with Crippen LogP contribution in [0.3, 0.4) is 0 Å². The fourth-order valence-electron chi connectivity index (χ4n) is 3.24. The van der Waals surface area contributed by atoms with Gasteiger partial charge >= 0.3 is 5.97 Å². The van der Waals surface area contributed by atoms with Gasteiger partial charge in [-0.05, 0) is 55.7 Å². The molecule has 152 valence electrons. The number of carbonyl (C=O) groups is 3. The molecule has 1 atom stereocenters. The molecule has 2 aromatic carbocycles. The van der Waals surface area contributed by atoms with E-state index in [0.29, 0.717) is 29.0 Å². The summed E-state index contributed by atoms with van der Waals surface area (Å²) < 4.78 is 5.24. The lowest BCUT2D eigenvalue weighted by Gasteiger charge is -2.21. The van der Waals surface area contributed by atoms with Gasteiger partial charge in [0.15, 0.2) is 0 Å². The van der Waals surface area contributed by atoms with Crippen molar-refractivity contribution in [3.8, 4) is 0 Å². The number of esters is 1. The zero-order valence-electron chi connectivity index (χ0n) is 16.3. The number of nitrogens with one attached hydrogen (secondary N) is 2. The van der Waals surface area contributed by atoms with Crippen LogP contribution in [0.5, 0.6) is 0 Å². The lowest BCUT2D eigenvalue weighted by molar-refractivity contribution is -0.148. The summed E-state index contributed by atoms with van der Waals surface area (Å²) in [6.07, 6.45) is 0.688. The van der Waals surface area contributed by atoms with E-state index in [1.165, 1.54) is 0 Å². The molecule has 0 saturated carbocycles. The van der Waals surface area contributed by atoms with E-state index in [0.717, 1.165) is 11.3 Å². The van der Waals surface area contributed by atoms with Gasteiger partial charge in [-0.15, -0.1) is 0 Å². The van der Waals surface area contributed by atoms with Crippen LogP contribution in [0.1, 0.15) is 54.2 Å². The standard InChI is InChI=1S/C22H23ClN2O4/c1-13(2)29-21(27)12-19(16-5-3-4-6-17(16)23)25-22(28)15-7-9-18-14(11-15)8-10-20(26)24-18/h3-7,9,11,13,19H,8,10,12H2,1-2H3,(H,24,26)(H,25,28). The van der Waals surface area contributed by atoms with Crippen LogP contribution in [0, 0.1) is 0 Å². The molecule has 0 bridgehead atoms. The average Bonchev–Trinajstić information content (AvgIpc) is 2.66. The second kappa shape index (κ2) is 9.09. The van der Waals surface area contributed by atoms with Crippen LogP contribution in [0.4, 0.5) is 5.69 Å². The van der Waals surface area contributed by atoms with Crippen LogP contribution in [0.15, 0.2) is 42.5 Å². The Kier molecular flexibility index (Phi) is 6.54. The zero-order valence-corrected chi connectivity index (χ0v) is 17.1. The van der Waals surface area contributed by atoms with Crippen molar-refractivity contribution in [1.29, 1.82) is 0 Å². The molecule has 0 aliphatic carbocycles. The number of ether oxygens (including phenoxy) is 1. The molecule has 0 saturated heterocycles. The minimum absolute atomic E-state index is 0.0304. The molecule has 3 rings (SSSR count). The molecule has 0 fully saturated rings. The first kappa shape index (κ1) is 20.9. The topological polar surface area (TPSA) is 84.5 Å². The van der Waals surface area contributed by atoms with Gasteiger partial charge in [0.05, 0.1) is 18.6 Å². The predicted molar refractivity (Wildman–Crippen MR) is 111 cm³/mol. The van der Waals surface area contributed by atoms with Crippen molar-refractivity contribution in [1.82, 2.24) is 5.32 Å². The third kappa shape index (κ3) is 5.35. The van der Waals surface area contributed by atoms with Crippen LogP contribution >= 0.6 is 11.6 Å². The highest BCUT2D eigenvalue weighted by atomic mass is 35.5. The van der Waals surface area contributed by atoms with Crippen LogP contribution in [-0.2, 0) is 20.7 Å². The summed E-state index contributed by atoms with van der Waals surface area (Å²) in [5.74, 6) is -0.775. The Morgan fingerprint density at radius 1 is 1.17 bits per heavy atom. The maximum absolute atomic E-state index is 12.9. The van der Waals surface area contributed by atoms with Crippen molar-refractivity contribution in [2.45, 2.75) is 45.3 Å². The number of fused-ring (bicyclic) bond motifs is 1. The van der Waals surface area contributed by atoms with Crippen LogP contribution in [-0.4, -0.2) is 23.9 Å². The number of hydrogen-bond donors (Lipinski definition) is 2. The number of aryl methyl sites for hydroxylation is 1. The second-order valence-corrected chi connectivity index (χ2v) is 7.62.